The van der Waals surface area contributed by atoms with Crippen LogP contribution in [0, 0.1) is 6.92 Å². The van der Waals surface area contributed by atoms with Crippen LogP contribution in [0.3, 0.4) is 0 Å². The first-order chi connectivity index (χ1) is 8.04. The van der Waals surface area contributed by atoms with Crippen LogP contribution in [-0.2, 0) is 9.53 Å². The topological polar surface area (TPSA) is 75.6 Å². The van der Waals surface area contributed by atoms with Gasteiger partial charge in [-0.05, 0) is 31.5 Å². The fourth-order valence-electron chi connectivity index (χ4n) is 1.22. The molecule has 5 heteroatoms. The summed E-state index contributed by atoms with van der Waals surface area (Å²) < 4.78 is 4.67. The number of ether oxygens (including phenoxy) is 1. The highest BCUT2D eigenvalue weighted by atomic mass is 16.5. The van der Waals surface area contributed by atoms with Crippen LogP contribution in [0.1, 0.15) is 22.8 Å². The minimum absolute atomic E-state index is 0.0498. The summed E-state index contributed by atoms with van der Waals surface area (Å²) in [6, 6.07) is 4.57. The summed E-state index contributed by atoms with van der Waals surface area (Å²) in [5, 5.41) is 11.8. The second kappa shape index (κ2) is 5.89. The van der Waals surface area contributed by atoms with Crippen LogP contribution in [-0.4, -0.2) is 30.1 Å². The van der Waals surface area contributed by atoms with E-state index < -0.39 is 11.9 Å². The number of carbonyl (C=O) groups excluding carboxylic acids is 2. The number of rotatable bonds is 4. The smallest absolute Gasteiger partial charge is 0.325 e. The van der Waals surface area contributed by atoms with Crippen molar-refractivity contribution in [1.82, 2.24) is 5.32 Å². The third-order valence-electron chi connectivity index (χ3n) is 2.17. The van der Waals surface area contributed by atoms with Gasteiger partial charge in [-0.1, -0.05) is 6.07 Å². The van der Waals surface area contributed by atoms with Crippen LogP contribution >= 0.6 is 0 Å². The molecule has 0 aliphatic carbocycles. The van der Waals surface area contributed by atoms with Gasteiger partial charge in [0.15, 0.2) is 0 Å². The molecular weight excluding hydrogens is 222 g/mol. The van der Waals surface area contributed by atoms with Gasteiger partial charge in [-0.3, -0.25) is 9.59 Å². The van der Waals surface area contributed by atoms with Crippen molar-refractivity contribution in [2.45, 2.75) is 13.8 Å². The predicted octanol–water partition coefficient (Wildman–Crippen LogP) is 0.994. The van der Waals surface area contributed by atoms with E-state index in [1.165, 1.54) is 6.07 Å². The Labute approximate surface area is 99.4 Å². The van der Waals surface area contributed by atoms with Gasteiger partial charge in [0.25, 0.3) is 5.91 Å². The van der Waals surface area contributed by atoms with Gasteiger partial charge >= 0.3 is 5.97 Å². The number of hydrogen-bond donors (Lipinski definition) is 2. The normalized spacial score (nSPS) is 9.76. The van der Waals surface area contributed by atoms with Crippen LogP contribution in [0.4, 0.5) is 0 Å². The Morgan fingerprint density at radius 2 is 2.12 bits per heavy atom. The summed E-state index contributed by atoms with van der Waals surface area (Å²) in [6.45, 7) is 3.52. The number of nitrogens with one attached hydrogen (secondary N) is 1. The quantitative estimate of drug-likeness (QED) is 0.766. The number of amides is 1. The predicted molar refractivity (Wildman–Crippen MR) is 61.8 cm³/mol. The van der Waals surface area contributed by atoms with E-state index >= 15 is 0 Å². The minimum Gasteiger partial charge on any atom is -0.508 e. The number of benzene rings is 1. The van der Waals surface area contributed by atoms with Crippen molar-refractivity contribution in [1.29, 1.82) is 0 Å². The molecule has 0 aromatic heterocycles. The zero-order valence-electron chi connectivity index (χ0n) is 9.82. The van der Waals surface area contributed by atoms with E-state index in [4.69, 9.17) is 0 Å². The first-order valence-corrected chi connectivity index (χ1v) is 5.28. The molecule has 0 heterocycles. The van der Waals surface area contributed by atoms with E-state index in [2.05, 4.69) is 10.1 Å². The number of hydrogen-bond acceptors (Lipinski definition) is 4. The van der Waals surface area contributed by atoms with Gasteiger partial charge in [-0.2, -0.15) is 0 Å². The molecule has 0 spiro atoms. The van der Waals surface area contributed by atoms with Crippen molar-refractivity contribution in [3.8, 4) is 5.75 Å². The van der Waals surface area contributed by atoms with Gasteiger partial charge in [0, 0.05) is 5.56 Å². The molecule has 92 valence electrons. The largest absolute Gasteiger partial charge is 0.508 e. The summed E-state index contributed by atoms with van der Waals surface area (Å²) >= 11 is 0. The molecule has 0 aliphatic heterocycles. The van der Waals surface area contributed by atoms with Crippen molar-refractivity contribution in [3.05, 3.63) is 29.3 Å². The van der Waals surface area contributed by atoms with Crippen LogP contribution < -0.4 is 5.32 Å². The van der Waals surface area contributed by atoms with Gasteiger partial charge in [-0.15, -0.1) is 0 Å². The average molecular weight is 237 g/mol. The van der Waals surface area contributed by atoms with Crippen LogP contribution in [0.25, 0.3) is 0 Å². The van der Waals surface area contributed by atoms with Gasteiger partial charge < -0.3 is 15.2 Å². The zero-order chi connectivity index (χ0) is 12.8. The molecule has 0 atom stereocenters. The van der Waals surface area contributed by atoms with Crippen LogP contribution in [0.15, 0.2) is 18.2 Å². The lowest BCUT2D eigenvalue weighted by molar-refractivity contribution is -0.141. The van der Waals surface area contributed by atoms with Gasteiger partial charge in [0.05, 0.1) is 6.61 Å². The monoisotopic (exact) mass is 237 g/mol. The Kier molecular flexibility index (Phi) is 4.51. The molecule has 0 saturated heterocycles. The number of aryl methyl sites for hydroxylation is 1. The standard InChI is InChI=1S/C12H15NO4/c1-3-17-11(15)7-13-12(16)9-5-4-8(2)10(14)6-9/h4-6,14H,3,7H2,1-2H3,(H,13,16). The lowest BCUT2D eigenvalue weighted by atomic mass is 10.1. The molecule has 1 rings (SSSR count). The molecule has 0 aliphatic rings. The minimum atomic E-state index is -0.489. The molecule has 0 fully saturated rings. The highest BCUT2D eigenvalue weighted by molar-refractivity contribution is 5.96. The third-order valence-corrected chi connectivity index (χ3v) is 2.17. The molecular formula is C12H15NO4. The second-order valence-corrected chi connectivity index (χ2v) is 3.49. The lowest BCUT2D eigenvalue weighted by Gasteiger charge is -2.06. The maximum absolute atomic E-state index is 11.6. The first kappa shape index (κ1) is 13.0. The van der Waals surface area contributed by atoms with Crippen LogP contribution in [0.2, 0.25) is 0 Å². The number of carbonyl (C=O) groups is 2. The molecule has 0 unspecified atom stereocenters. The van der Waals surface area contributed by atoms with Crippen molar-refractivity contribution >= 4 is 11.9 Å². The third kappa shape index (κ3) is 3.79. The SMILES string of the molecule is CCOC(=O)CNC(=O)c1ccc(C)c(O)c1. The fourth-order valence-corrected chi connectivity index (χ4v) is 1.22. The van der Waals surface area contributed by atoms with Gasteiger partial charge in [0.1, 0.15) is 12.3 Å². The summed E-state index contributed by atoms with van der Waals surface area (Å²) in [6.07, 6.45) is 0. The van der Waals surface area contributed by atoms with Crippen molar-refractivity contribution in [2.75, 3.05) is 13.2 Å². The Morgan fingerprint density at radius 1 is 1.41 bits per heavy atom. The van der Waals surface area contributed by atoms with E-state index in [-0.39, 0.29) is 18.9 Å². The highest BCUT2D eigenvalue weighted by Crippen LogP contribution is 2.17. The zero-order valence-corrected chi connectivity index (χ0v) is 9.82. The van der Waals surface area contributed by atoms with E-state index in [1.807, 2.05) is 0 Å². The van der Waals surface area contributed by atoms with E-state index in [1.54, 1.807) is 26.0 Å². The molecule has 1 aromatic rings. The molecule has 5 nitrogen and oxygen atoms in total. The second-order valence-electron chi connectivity index (χ2n) is 3.49. The van der Waals surface area contributed by atoms with E-state index in [0.29, 0.717) is 11.1 Å². The fraction of sp³-hybridized carbons (Fsp3) is 0.333. The van der Waals surface area contributed by atoms with Crippen molar-refractivity contribution < 1.29 is 19.4 Å². The van der Waals surface area contributed by atoms with Gasteiger partial charge in [0.2, 0.25) is 0 Å². The highest BCUT2D eigenvalue weighted by Gasteiger charge is 2.09. The molecule has 1 aromatic carbocycles. The maximum atomic E-state index is 11.6. The van der Waals surface area contributed by atoms with Gasteiger partial charge in [-0.25, -0.2) is 0 Å². The summed E-state index contributed by atoms with van der Waals surface area (Å²) in [5.41, 5.74) is 0.990. The summed E-state index contributed by atoms with van der Waals surface area (Å²) in [5.74, 6) is -0.862. The molecule has 17 heavy (non-hydrogen) atoms. The average Bonchev–Trinajstić information content (AvgIpc) is 2.30. The number of phenolic OH excluding ortho intramolecular Hbond substituents is 1. The number of phenols is 1. The lowest BCUT2D eigenvalue weighted by Crippen LogP contribution is -2.30. The Morgan fingerprint density at radius 3 is 2.71 bits per heavy atom. The molecule has 0 bridgehead atoms. The maximum Gasteiger partial charge on any atom is 0.325 e. The molecule has 0 radical (unpaired) electrons. The number of esters is 1. The first-order valence-electron chi connectivity index (χ1n) is 5.28. The van der Waals surface area contributed by atoms with Crippen molar-refractivity contribution in [2.24, 2.45) is 0 Å². The number of aromatic hydroxyl groups is 1. The molecule has 1 amide bonds. The molecule has 2 N–H and O–H groups in total. The Balaban J connectivity index is 2.58. The summed E-state index contributed by atoms with van der Waals surface area (Å²) in [7, 11) is 0. The van der Waals surface area contributed by atoms with Crippen LogP contribution in [0.5, 0.6) is 5.75 Å². The van der Waals surface area contributed by atoms with E-state index in [0.717, 1.165) is 0 Å². The summed E-state index contributed by atoms with van der Waals surface area (Å²) in [4.78, 5) is 22.6. The Hall–Kier alpha value is -2.04. The van der Waals surface area contributed by atoms with Crippen molar-refractivity contribution in [3.63, 3.8) is 0 Å². The molecule has 0 saturated carbocycles. The van der Waals surface area contributed by atoms with E-state index in [9.17, 15) is 14.7 Å². The Bertz CT molecular complexity index is 429.